The van der Waals surface area contributed by atoms with Crippen molar-refractivity contribution >= 4 is 5.91 Å². The van der Waals surface area contributed by atoms with Gasteiger partial charge in [-0.2, -0.15) is 0 Å². The third-order valence-electron chi connectivity index (χ3n) is 4.48. The molecule has 0 spiro atoms. The fourth-order valence-corrected chi connectivity index (χ4v) is 3.16. The second kappa shape index (κ2) is 7.44. The number of nitrogens with zero attached hydrogens (tertiary/aromatic N) is 3. The van der Waals surface area contributed by atoms with Gasteiger partial charge in [0.1, 0.15) is 11.4 Å². The highest BCUT2D eigenvalue weighted by Crippen LogP contribution is 2.27. The summed E-state index contributed by atoms with van der Waals surface area (Å²) in [5.41, 5.74) is -0.128. The van der Waals surface area contributed by atoms with Gasteiger partial charge in [-0.05, 0) is 25.0 Å². The monoisotopic (exact) mass is 330 g/mol. The zero-order valence-electron chi connectivity index (χ0n) is 13.8. The van der Waals surface area contributed by atoms with Crippen molar-refractivity contribution in [3.05, 3.63) is 52.5 Å². The maximum Gasteiger partial charge on any atom is 0.260 e. The van der Waals surface area contributed by atoms with E-state index in [4.69, 9.17) is 4.74 Å². The number of amides is 1. The summed E-state index contributed by atoms with van der Waals surface area (Å²) in [6.07, 6.45) is 7.01. The van der Waals surface area contributed by atoms with E-state index in [1.165, 1.54) is 6.20 Å². The fraction of sp³-hybridized carbons (Fsp3) is 0.471. The molecule has 1 aliphatic heterocycles. The molecule has 0 radical (unpaired) electrons. The summed E-state index contributed by atoms with van der Waals surface area (Å²) in [6.45, 7) is 2.70. The molecule has 3 rings (SSSR count). The van der Waals surface area contributed by atoms with Gasteiger partial charge < -0.3 is 19.2 Å². The first-order chi connectivity index (χ1) is 11.7. The predicted molar refractivity (Wildman–Crippen MR) is 89.0 cm³/mol. The summed E-state index contributed by atoms with van der Waals surface area (Å²) in [5, 5.41) is 0. The van der Waals surface area contributed by atoms with Crippen LogP contribution in [0.25, 0.3) is 0 Å². The second-order valence-corrected chi connectivity index (χ2v) is 5.95. The Morgan fingerprint density at radius 2 is 2.21 bits per heavy atom. The molecule has 0 saturated carbocycles. The van der Waals surface area contributed by atoms with E-state index in [0.717, 1.165) is 25.2 Å². The zero-order valence-corrected chi connectivity index (χ0v) is 13.8. The smallest absolute Gasteiger partial charge is 0.260 e. The van der Waals surface area contributed by atoms with Gasteiger partial charge in [0.2, 0.25) is 0 Å². The number of carbonyl (C=O) groups is 1. The minimum Gasteiger partial charge on any atom is -0.383 e. The number of aromatic amines is 1. The molecule has 0 unspecified atom stereocenters. The van der Waals surface area contributed by atoms with Gasteiger partial charge in [-0.3, -0.25) is 9.59 Å². The van der Waals surface area contributed by atoms with E-state index in [9.17, 15) is 9.59 Å². The van der Waals surface area contributed by atoms with Crippen molar-refractivity contribution in [2.24, 2.45) is 0 Å². The van der Waals surface area contributed by atoms with Crippen LogP contribution >= 0.6 is 0 Å². The molecule has 2 aromatic heterocycles. The standard InChI is InChI=1S/C17H22N4O3/c1-24-12-11-20-10-7-18-15(20)13-4-8-21(9-5-13)17(23)14-3-2-6-19-16(14)22/h2-3,6-7,10,13H,4-5,8-9,11-12H2,1H3,(H,19,22). The number of carbonyl (C=O) groups excluding carboxylic acids is 1. The summed E-state index contributed by atoms with van der Waals surface area (Å²) in [7, 11) is 1.69. The molecule has 1 fully saturated rings. The molecule has 2 aromatic rings. The molecule has 0 atom stereocenters. The molecule has 1 amide bonds. The molecule has 24 heavy (non-hydrogen) atoms. The molecule has 7 nitrogen and oxygen atoms in total. The van der Waals surface area contributed by atoms with E-state index < -0.39 is 0 Å². The lowest BCUT2D eigenvalue weighted by molar-refractivity contribution is 0.0708. The van der Waals surface area contributed by atoms with Gasteiger partial charge in [0.05, 0.1) is 6.61 Å². The molecule has 0 aromatic carbocycles. The Morgan fingerprint density at radius 1 is 1.42 bits per heavy atom. The molecule has 0 bridgehead atoms. The maximum atomic E-state index is 12.5. The van der Waals surface area contributed by atoms with Crippen molar-refractivity contribution in [2.75, 3.05) is 26.8 Å². The number of piperidine rings is 1. The number of hydrogen-bond acceptors (Lipinski definition) is 4. The number of H-pyrrole nitrogens is 1. The Hall–Kier alpha value is -2.41. The third-order valence-corrected chi connectivity index (χ3v) is 4.48. The number of ether oxygens (including phenoxy) is 1. The van der Waals surface area contributed by atoms with E-state index >= 15 is 0 Å². The number of methoxy groups -OCH3 is 1. The minimum absolute atomic E-state index is 0.196. The largest absolute Gasteiger partial charge is 0.383 e. The normalized spacial score (nSPS) is 15.6. The van der Waals surface area contributed by atoms with Crippen molar-refractivity contribution < 1.29 is 9.53 Å². The molecule has 1 N–H and O–H groups in total. The van der Waals surface area contributed by atoms with Crippen molar-refractivity contribution in [3.63, 3.8) is 0 Å². The zero-order chi connectivity index (χ0) is 16.9. The van der Waals surface area contributed by atoms with Gasteiger partial charge in [0.15, 0.2) is 0 Å². The summed E-state index contributed by atoms with van der Waals surface area (Å²) < 4.78 is 7.25. The molecular weight excluding hydrogens is 308 g/mol. The van der Waals surface area contributed by atoms with Crippen LogP contribution < -0.4 is 5.56 Å². The summed E-state index contributed by atoms with van der Waals surface area (Å²) in [4.78, 5) is 33.0. The average molecular weight is 330 g/mol. The number of nitrogens with one attached hydrogen (secondary N) is 1. The van der Waals surface area contributed by atoms with Crippen LogP contribution in [0.5, 0.6) is 0 Å². The first-order valence-electron chi connectivity index (χ1n) is 8.17. The van der Waals surface area contributed by atoms with Crippen LogP contribution in [0.2, 0.25) is 0 Å². The third kappa shape index (κ3) is 3.41. The second-order valence-electron chi connectivity index (χ2n) is 5.95. The van der Waals surface area contributed by atoms with Crippen molar-refractivity contribution in [1.29, 1.82) is 0 Å². The van der Waals surface area contributed by atoms with Crippen LogP contribution in [0.1, 0.15) is 34.9 Å². The van der Waals surface area contributed by atoms with Gasteiger partial charge in [-0.1, -0.05) is 0 Å². The van der Waals surface area contributed by atoms with Crippen LogP contribution in [-0.4, -0.2) is 52.1 Å². The fourth-order valence-electron chi connectivity index (χ4n) is 3.16. The Morgan fingerprint density at radius 3 is 2.92 bits per heavy atom. The highest BCUT2D eigenvalue weighted by Gasteiger charge is 2.27. The number of hydrogen-bond donors (Lipinski definition) is 1. The van der Waals surface area contributed by atoms with Crippen LogP contribution in [0.15, 0.2) is 35.5 Å². The minimum atomic E-state index is -0.334. The van der Waals surface area contributed by atoms with E-state index in [2.05, 4.69) is 14.5 Å². The Labute approximate surface area is 140 Å². The van der Waals surface area contributed by atoms with E-state index in [1.807, 2.05) is 12.4 Å². The Bertz CT molecular complexity index is 744. The van der Waals surface area contributed by atoms with Crippen LogP contribution in [-0.2, 0) is 11.3 Å². The van der Waals surface area contributed by atoms with Crippen molar-refractivity contribution in [3.8, 4) is 0 Å². The van der Waals surface area contributed by atoms with Gasteiger partial charge >= 0.3 is 0 Å². The molecule has 1 saturated heterocycles. The lowest BCUT2D eigenvalue weighted by Crippen LogP contribution is -2.40. The predicted octanol–water partition coefficient (Wildman–Crippen LogP) is 1.24. The van der Waals surface area contributed by atoms with Gasteiger partial charge in [-0.15, -0.1) is 0 Å². The van der Waals surface area contributed by atoms with Gasteiger partial charge in [-0.25, -0.2) is 4.98 Å². The highest BCUT2D eigenvalue weighted by molar-refractivity contribution is 5.93. The lowest BCUT2D eigenvalue weighted by Gasteiger charge is -2.31. The van der Waals surface area contributed by atoms with Gasteiger partial charge in [0, 0.05) is 51.3 Å². The lowest BCUT2D eigenvalue weighted by atomic mass is 9.95. The first kappa shape index (κ1) is 16.4. The number of rotatable bonds is 5. The quantitative estimate of drug-likeness (QED) is 0.894. The summed E-state index contributed by atoms with van der Waals surface area (Å²) in [5.74, 6) is 1.18. The molecular formula is C17H22N4O3. The van der Waals surface area contributed by atoms with E-state index in [0.29, 0.717) is 25.6 Å². The molecule has 0 aliphatic carbocycles. The Balaban J connectivity index is 1.64. The first-order valence-corrected chi connectivity index (χ1v) is 8.17. The number of likely N-dealkylation sites (tertiary alicyclic amines) is 1. The average Bonchev–Trinajstić information content (AvgIpc) is 3.08. The number of aromatic nitrogens is 3. The summed E-state index contributed by atoms with van der Waals surface area (Å²) in [6, 6.07) is 3.25. The van der Waals surface area contributed by atoms with Crippen LogP contribution in [0.3, 0.4) is 0 Å². The number of imidazole rings is 1. The van der Waals surface area contributed by atoms with E-state index in [1.54, 1.807) is 24.1 Å². The van der Waals surface area contributed by atoms with E-state index in [-0.39, 0.29) is 17.0 Å². The SMILES string of the molecule is COCCn1ccnc1C1CCN(C(=O)c2ccc[nH]c2=O)CC1. The van der Waals surface area contributed by atoms with Crippen molar-refractivity contribution in [1.82, 2.24) is 19.4 Å². The maximum absolute atomic E-state index is 12.5. The molecule has 7 heteroatoms. The molecule has 1 aliphatic rings. The molecule has 3 heterocycles. The highest BCUT2D eigenvalue weighted by atomic mass is 16.5. The summed E-state index contributed by atoms with van der Waals surface area (Å²) >= 11 is 0. The van der Waals surface area contributed by atoms with Crippen LogP contribution in [0, 0.1) is 0 Å². The van der Waals surface area contributed by atoms with Gasteiger partial charge in [0.25, 0.3) is 11.5 Å². The Kier molecular flexibility index (Phi) is 5.10. The van der Waals surface area contributed by atoms with Crippen LogP contribution in [0.4, 0.5) is 0 Å². The molecule has 128 valence electrons. The number of pyridine rings is 1. The van der Waals surface area contributed by atoms with Crippen molar-refractivity contribution in [2.45, 2.75) is 25.3 Å². The topological polar surface area (TPSA) is 80.2 Å².